The highest BCUT2D eigenvalue weighted by molar-refractivity contribution is 7.92. The molecule has 4 nitrogen and oxygen atoms in total. The smallest absolute Gasteiger partial charge is 0.153 e. The van der Waals surface area contributed by atoms with Crippen molar-refractivity contribution in [1.82, 2.24) is 5.32 Å². The maximum absolute atomic E-state index is 11.5. The standard InChI is InChI=1S/C10H21NO3S2/c1-10(2,16(3,13)14)8-11-9-4-6-15(12)7-5-9/h9,11H,4-8H2,1-3H3. The third-order valence-corrected chi connectivity index (χ3v) is 6.74. The minimum absolute atomic E-state index is 0.318. The van der Waals surface area contributed by atoms with Gasteiger partial charge in [0.15, 0.2) is 9.84 Å². The van der Waals surface area contributed by atoms with Crippen LogP contribution in [0.15, 0.2) is 0 Å². The van der Waals surface area contributed by atoms with Crippen molar-refractivity contribution in [2.75, 3.05) is 24.3 Å². The van der Waals surface area contributed by atoms with Crippen molar-refractivity contribution in [3.8, 4) is 0 Å². The molecular weight excluding hydrogens is 246 g/mol. The fourth-order valence-electron chi connectivity index (χ4n) is 1.52. The topological polar surface area (TPSA) is 63.2 Å². The Hall–Kier alpha value is 0.0600. The zero-order valence-electron chi connectivity index (χ0n) is 10.2. The largest absolute Gasteiger partial charge is 0.312 e. The number of hydrogen-bond donors (Lipinski definition) is 1. The van der Waals surface area contributed by atoms with Crippen molar-refractivity contribution >= 4 is 20.6 Å². The lowest BCUT2D eigenvalue weighted by Gasteiger charge is -2.28. The molecule has 0 bridgehead atoms. The number of nitrogens with one attached hydrogen (secondary N) is 1. The Morgan fingerprint density at radius 3 is 2.25 bits per heavy atom. The summed E-state index contributed by atoms with van der Waals surface area (Å²) in [5.74, 6) is 1.47. The summed E-state index contributed by atoms with van der Waals surface area (Å²) in [6.45, 7) is 3.93. The zero-order valence-corrected chi connectivity index (χ0v) is 11.8. The quantitative estimate of drug-likeness (QED) is 0.796. The first-order chi connectivity index (χ1) is 7.22. The molecule has 0 atom stereocenters. The zero-order chi connectivity index (χ0) is 12.4. The molecule has 1 aliphatic heterocycles. The van der Waals surface area contributed by atoms with Gasteiger partial charge in [-0.25, -0.2) is 8.42 Å². The summed E-state index contributed by atoms with van der Waals surface area (Å²) in [6.07, 6.45) is 3.03. The minimum Gasteiger partial charge on any atom is -0.312 e. The predicted octanol–water partition coefficient (Wildman–Crippen LogP) is 0.310. The second-order valence-corrected chi connectivity index (χ2v) is 9.38. The van der Waals surface area contributed by atoms with Gasteiger partial charge in [0.25, 0.3) is 0 Å². The van der Waals surface area contributed by atoms with Crippen molar-refractivity contribution in [3.63, 3.8) is 0 Å². The lowest BCUT2D eigenvalue weighted by molar-refractivity contribution is 0.439. The lowest BCUT2D eigenvalue weighted by Crippen LogP contribution is -2.46. The van der Waals surface area contributed by atoms with Gasteiger partial charge in [-0.05, 0) is 26.7 Å². The lowest BCUT2D eigenvalue weighted by atomic mass is 10.1. The van der Waals surface area contributed by atoms with E-state index in [1.165, 1.54) is 6.26 Å². The van der Waals surface area contributed by atoms with Crippen LogP contribution < -0.4 is 5.32 Å². The molecule has 0 aromatic rings. The van der Waals surface area contributed by atoms with Gasteiger partial charge in [-0.3, -0.25) is 4.21 Å². The summed E-state index contributed by atoms with van der Waals surface area (Å²) in [7, 11) is -3.70. The van der Waals surface area contributed by atoms with Crippen LogP contribution >= 0.6 is 0 Å². The van der Waals surface area contributed by atoms with E-state index in [-0.39, 0.29) is 0 Å². The molecule has 0 spiro atoms. The van der Waals surface area contributed by atoms with Crippen LogP contribution in [-0.2, 0) is 20.6 Å². The third-order valence-electron chi connectivity index (χ3n) is 3.21. The highest BCUT2D eigenvalue weighted by Crippen LogP contribution is 2.16. The summed E-state index contributed by atoms with van der Waals surface area (Å²) in [5.41, 5.74) is 0. The van der Waals surface area contributed by atoms with Crippen LogP contribution in [0.3, 0.4) is 0 Å². The maximum Gasteiger partial charge on any atom is 0.153 e. The molecule has 96 valence electrons. The van der Waals surface area contributed by atoms with Crippen molar-refractivity contribution in [3.05, 3.63) is 0 Å². The molecule has 1 rings (SSSR count). The molecular formula is C10H21NO3S2. The molecule has 0 unspecified atom stereocenters. The van der Waals surface area contributed by atoms with E-state index in [0.717, 1.165) is 24.3 Å². The first-order valence-corrected chi connectivity index (χ1v) is 8.88. The summed E-state index contributed by atoms with van der Waals surface area (Å²) in [6, 6.07) is 0.318. The van der Waals surface area contributed by atoms with Gasteiger partial charge in [0.1, 0.15) is 0 Å². The Kier molecular flexibility index (Phi) is 4.54. The van der Waals surface area contributed by atoms with E-state index in [2.05, 4.69) is 5.32 Å². The fraction of sp³-hybridized carbons (Fsp3) is 1.00. The van der Waals surface area contributed by atoms with Crippen LogP contribution in [0.5, 0.6) is 0 Å². The van der Waals surface area contributed by atoms with Gasteiger partial charge >= 0.3 is 0 Å². The van der Waals surface area contributed by atoms with Crippen LogP contribution in [-0.4, -0.2) is 47.7 Å². The Balaban J connectivity index is 2.43. The van der Waals surface area contributed by atoms with Gasteiger partial charge in [-0.2, -0.15) is 0 Å². The number of rotatable bonds is 4. The van der Waals surface area contributed by atoms with Crippen LogP contribution in [0.25, 0.3) is 0 Å². The monoisotopic (exact) mass is 267 g/mol. The van der Waals surface area contributed by atoms with Crippen LogP contribution in [0, 0.1) is 0 Å². The molecule has 1 heterocycles. The van der Waals surface area contributed by atoms with Gasteiger partial charge in [0.05, 0.1) is 4.75 Å². The predicted molar refractivity (Wildman–Crippen MR) is 67.8 cm³/mol. The van der Waals surface area contributed by atoms with Crippen molar-refractivity contribution < 1.29 is 12.6 Å². The first-order valence-electron chi connectivity index (χ1n) is 5.50. The van der Waals surface area contributed by atoms with Gasteiger partial charge in [-0.15, -0.1) is 0 Å². The van der Waals surface area contributed by atoms with E-state index in [1.54, 1.807) is 13.8 Å². The Morgan fingerprint density at radius 2 is 1.81 bits per heavy atom. The van der Waals surface area contributed by atoms with Gasteiger partial charge < -0.3 is 5.32 Å². The van der Waals surface area contributed by atoms with E-state index in [4.69, 9.17) is 0 Å². The highest BCUT2D eigenvalue weighted by Gasteiger charge is 2.31. The van der Waals surface area contributed by atoms with Crippen LogP contribution in [0.1, 0.15) is 26.7 Å². The molecule has 1 aliphatic rings. The Bertz CT molecular complexity index is 352. The summed E-state index contributed by atoms with van der Waals surface area (Å²) in [5, 5.41) is 3.28. The normalized spacial score (nSPS) is 27.9. The highest BCUT2D eigenvalue weighted by atomic mass is 32.2. The Morgan fingerprint density at radius 1 is 1.31 bits per heavy atom. The molecule has 1 N–H and O–H groups in total. The summed E-state index contributed by atoms with van der Waals surface area (Å²) < 4.78 is 33.4. The molecule has 1 saturated heterocycles. The molecule has 0 aromatic carbocycles. The number of sulfone groups is 1. The van der Waals surface area contributed by atoms with E-state index in [9.17, 15) is 12.6 Å². The summed E-state index contributed by atoms with van der Waals surface area (Å²) in [4.78, 5) is 0. The van der Waals surface area contributed by atoms with Crippen molar-refractivity contribution in [2.24, 2.45) is 0 Å². The molecule has 0 radical (unpaired) electrons. The molecule has 0 amide bonds. The molecule has 0 aliphatic carbocycles. The van der Waals surface area contributed by atoms with Gasteiger partial charge in [0.2, 0.25) is 0 Å². The molecule has 6 heteroatoms. The van der Waals surface area contributed by atoms with E-state index >= 15 is 0 Å². The second-order valence-electron chi connectivity index (χ2n) is 5.04. The van der Waals surface area contributed by atoms with Gasteiger partial charge in [-0.1, -0.05) is 0 Å². The van der Waals surface area contributed by atoms with E-state index in [1.807, 2.05) is 0 Å². The molecule has 16 heavy (non-hydrogen) atoms. The number of hydrogen-bond acceptors (Lipinski definition) is 4. The fourth-order valence-corrected chi connectivity index (χ4v) is 3.16. The molecule has 0 saturated carbocycles. The first kappa shape index (κ1) is 14.1. The van der Waals surface area contributed by atoms with Crippen LogP contribution in [0.2, 0.25) is 0 Å². The summed E-state index contributed by atoms with van der Waals surface area (Å²) >= 11 is 0. The van der Waals surface area contributed by atoms with Crippen molar-refractivity contribution in [2.45, 2.75) is 37.5 Å². The van der Waals surface area contributed by atoms with E-state index < -0.39 is 25.4 Å². The Labute approximate surface area is 101 Å². The van der Waals surface area contributed by atoms with Crippen LogP contribution in [0.4, 0.5) is 0 Å². The van der Waals surface area contributed by atoms with Gasteiger partial charge in [0, 0.05) is 41.1 Å². The SMILES string of the molecule is CC(C)(CNC1CCS(=O)CC1)S(C)(=O)=O. The average Bonchev–Trinajstić information content (AvgIpc) is 2.15. The van der Waals surface area contributed by atoms with Crippen molar-refractivity contribution in [1.29, 1.82) is 0 Å². The minimum atomic E-state index is -3.04. The van der Waals surface area contributed by atoms with E-state index in [0.29, 0.717) is 12.6 Å². The third kappa shape index (κ3) is 3.82. The maximum atomic E-state index is 11.5. The molecule has 0 aromatic heterocycles. The molecule has 1 fully saturated rings. The average molecular weight is 267 g/mol. The second kappa shape index (κ2) is 5.14.